The largest absolute Gasteiger partial charge is 0.246 e. The molecule has 0 radical (unpaired) electrons. The van der Waals surface area contributed by atoms with Gasteiger partial charge in [-0.25, -0.2) is 21.2 Å². The second-order valence-electron chi connectivity index (χ2n) is 5.86. The summed E-state index contributed by atoms with van der Waals surface area (Å²) in [7, 11) is -7.67. The highest BCUT2D eigenvalue weighted by Crippen LogP contribution is 2.35. The Hall–Kier alpha value is -0.990. The number of halogens is 1. The van der Waals surface area contributed by atoms with E-state index in [1.54, 1.807) is 13.8 Å². The average molecular weight is 335 g/mol. The lowest BCUT2D eigenvalue weighted by Gasteiger charge is -2.30. The zero-order chi connectivity index (χ0) is 16.1. The molecular formula is C13H18FNO4S2. The van der Waals surface area contributed by atoms with Crippen LogP contribution in [0.4, 0.5) is 4.39 Å². The normalized spacial score (nSPS) is 19.8. The quantitative estimate of drug-likeness (QED) is 0.790. The Kier molecular flexibility index (Phi) is 3.92. The fourth-order valence-corrected chi connectivity index (χ4v) is 5.22. The monoisotopic (exact) mass is 335 g/mol. The molecule has 2 rings (SSSR count). The van der Waals surface area contributed by atoms with E-state index in [9.17, 15) is 21.2 Å². The average Bonchev–Trinajstić information content (AvgIpc) is 2.68. The van der Waals surface area contributed by atoms with Crippen LogP contribution in [0.3, 0.4) is 0 Å². The smallest absolute Gasteiger partial charge is 0.224 e. The minimum Gasteiger partial charge on any atom is -0.224 e. The summed E-state index contributed by atoms with van der Waals surface area (Å²) in [6, 6.07) is 2.85. The summed E-state index contributed by atoms with van der Waals surface area (Å²) in [6.07, 6.45) is 2.33. The van der Waals surface area contributed by atoms with Crippen molar-refractivity contribution < 1.29 is 21.2 Å². The second kappa shape index (κ2) is 5.03. The summed E-state index contributed by atoms with van der Waals surface area (Å²) >= 11 is 0. The van der Waals surface area contributed by atoms with Crippen molar-refractivity contribution in [1.82, 2.24) is 4.31 Å². The van der Waals surface area contributed by atoms with Crippen molar-refractivity contribution in [2.75, 3.05) is 12.8 Å². The zero-order valence-electron chi connectivity index (χ0n) is 12.1. The first-order chi connectivity index (χ1) is 9.46. The van der Waals surface area contributed by atoms with Crippen molar-refractivity contribution in [3.8, 4) is 0 Å². The van der Waals surface area contributed by atoms with Crippen molar-refractivity contribution in [2.24, 2.45) is 0 Å². The van der Waals surface area contributed by atoms with E-state index in [4.69, 9.17) is 0 Å². The van der Waals surface area contributed by atoms with Gasteiger partial charge in [0.15, 0.2) is 9.84 Å². The number of hydrogen-bond donors (Lipinski definition) is 0. The Morgan fingerprint density at radius 1 is 1.19 bits per heavy atom. The first kappa shape index (κ1) is 16.4. The number of sulfone groups is 1. The molecule has 0 amide bonds. The molecule has 1 aliphatic heterocycles. The fraction of sp³-hybridized carbons (Fsp3) is 0.538. The highest BCUT2D eigenvalue weighted by molar-refractivity contribution is 7.91. The Morgan fingerprint density at radius 3 is 2.29 bits per heavy atom. The molecule has 0 aliphatic carbocycles. The van der Waals surface area contributed by atoms with Gasteiger partial charge in [0.05, 0.1) is 4.90 Å². The van der Waals surface area contributed by atoms with Gasteiger partial charge in [0.1, 0.15) is 10.7 Å². The van der Waals surface area contributed by atoms with E-state index in [1.807, 2.05) is 0 Å². The van der Waals surface area contributed by atoms with E-state index >= 15 is 0 Å². The third-order valence-electron chi connectivity index (χ3n) is 3.72. The summed E-state index contributed by atoms with van der Waals surface area (Å²) < 4.78 is 63.6. The van der Waals surface area contributed by atoms with Gasteiger partial charge in [-0.2, -0.15) is 4.31 Å². The third-order valence-corrected chi connectivity index (χ3v) is 6.96. The summed E-state index contributed by atoms with van der Waals surface area (Å²) in [6.45, 7) is 3.85. The number of hydrogen-bond acceptors (Lipinski definition) is 4. The van der Waals surface area contributed by atoms with Crippen LogP contribution in [0, 0.1) is 5.82 Å². The van der Waals surface area contributed by atoms with Crippen LogP contribution in [0.5, 0.6) is 0 Å². The molecule has 0 aromatic heterocycles. The van der Waals surface area contributed by atoms with Crippen LogP contribution in [0.1, 0.15) is 26.7 Å². The van der Waals surface area contributed by atoms with Crippen LogP contribution in [0.15, 0.2) is 28.0 Å². The highest BCUT2D eigenvalue weighted by Gasteiger charge is 2.42. The van der Waals surface area contributed by atoms with Crippen molar-refractivity contribution in [1.29, 1.82) is 0 Å². The minimum atomic E-state index is -4.07. The number of nitrogens with zero attached hydrogens (tertiary/aromatic N) is 1. The van der Waals surface area contributed by atoms with Crippen molar-refractivity contribution in [3.63, 3.8) is 0 Å². The van der Waals surface area contributed by atoms with E-state index in [-0.39, 0.29) is 4.90 Å². The molecule has 8 heteroatoms. The lowest BCUT2D eigenvalue weighted by Crippen LogP contribution is -2.42. The van der Waals surface area contributed by atoms with Gasteiger partial charge in [-0.15, -0.1) is 0 Å². The molecule has 1 saturated heterocycles. The van der Waals surface area contributed by atoms with Crippen LogP contribution < -0.4 is 0 Å². The van der Waals surface area contributed by atoms with Gasteiger partial charge < -0.3 is 0 Å². The van der Waals surface area contributed by atoms with E-state index in [0.29, 0.717) is 19.4 Å². The minimum absolute atomic E-state index is 0.209. The maximum atomic E-state index is 14.0. The van der Waals surface area contributed by atoms with Gasteiger partial charge in [0.2, 0.25) is 10.0 Å². The highest BCUT2D eigenvalue weighted by atomic mass is 32.2. The third kappa shape index (κ3) is 2.97. The van der Waals surface area contributed by atoms with E-state index in [2.05, 4.69) is 0 Å². The van der Waals surface area contributed by atoms with Crippen LogP contribution in [-0.4, -0.2) is 39.5 Å². The second-order valence-corrected chi connectivity index (χ2v) is 9.70. The van der Waals surface area contributed by atoms with E-state index in [1.165, 1.54) is 4.31 Å². The zero-order valence-corrected chi connectivity index (χ0v) is 13.8. The molecule has 0 bridgehead atoms. The van der Waals surface area contributed by atoms with Gasteiger partial charge in [-0.1, -0.05) is 0 Å². The summed E-state index contributed by atoms with van der Waals surface area (Å²) in [5, 5.41) is 0. The topological polar surface area (TPSA) is 71.5 Å². The molecule has 0 atom stereocenters. The van der Waals surface area contributed by atoms with Crippen molar-refractivity contribution in [2.45, 2.75) is 42.0 Å². The van der Waals surface area contributed by atoms with Gasteiger partial charge in [0, 0.05) is 18.3 Å². The molecule has 118 valence electrons. The standard InChI is InChI=1S/C13H18FNO4S2/c1-13(2)7-4-8-15(13)21(18,19)12-9-10(20(3,16)17)5-6-11(12)14/h5-6,9H,4,7-8H2,1-3H3. The summed E-state index contributed by atoms with van der Waals surface area (Å²) in [4.78, 5) is -0.792. The first-order valence-electron chi connectivity index (χ1n) is 6.49. The van der Waals surface area contributed by atoms with E-state index < -0.39 is 36.1 Å². The van der Waals surface area contributed by atoms with Crippen LogP contribution in [0.25, 0.3) is 0 Å². The Labute approximate surface area is 124 Å². The maximum Gasteiger partial charge on any atom is 0.246 e. The molecule has 1 aromatic carbocycles. The van der Waals surface area contributed by atoms with Gasteiger partial charge in [-0.3, -0.25) is 0 Å². The predicted octanol–water partition coefficient (Wildman–Crippen LogP) is 1.79. The number of sulfonamides is 1. The number of benzene rings is 1. The van der Waals surface area contributed by atoms with Gasteiger partial charge >= 0.3 is 0 Å². The predicted molar refractivity (Wildman–Crippen MR) is 76.7 cm³/mol. The molecule has 0 unspecified atom stereocenters. The Bertz CT molecular complexity index is 769. The Morgan fingerprint density at radius 2 is 1.81 bits per heavy atom. The summed E-state index contributed by atoms with van der Waals surface area (Å²) in [5.41, 5.74) is -0.605. The summed E-state index contributed by atoms with van der Waals surface area (Å²) in [5.74, 6) is -0.940. The molecule has 5 nitrogen and oxygen atoms in total. The van der Waals surface area contributed by atoms with Gasteiger partial charge in [-0.05, 0) is 44.9 Å². The molecule has 1 fully saturated rings. The fourth-order valence-electron chi connectivity index (χ4n) is 2.56. The van der Waals surface area contributed by atoms with Crippen molar-refractivity contribution in [3.05, 3.63) is 24.0 Å². The van der Waals surface area contributed by atoms with E-state index in [0.717, 1.165) is 24.5 Å². The molecular weight excluding hydrogens is 317 g/mol. The molecule has 21 heavy (non-hydrogen) atoms. The molecule has 1 aromatic rings. The molecule has 1 aliphatic rings. The van der Waals surface area contributed by atoms with Gasteiger partial charge in [0.25, 0.3) is 0 Å². The lowest BCUT2D eigenvalue weighted by molar-refractivity contribution is 0.290. The number of rotatable bonds is 3. The molecule has 1 heterocycles. The maximum absolute atomic E-state index is 14.0. The molecule has 0 saturated carbocycles. The van der Waals surface area contributed by atoms with Crippen LogP contribution in [-0.2, 0) is 19.9 Å². The Balaban J connectivity index is 2.60. The van der Waals surface area contributed by atoms with Crippen molar-refractivity contribution >= 4 is 19.9 Å². The molecule has 0 spiro atoms. The lowest BCUT2D eigenvalue weighted by atomic mass is 10.0. The van der Waals surface area contributed by atoms with Crippen LogP contribution in [0.2, 0.25) is 0 Å². The van der Waals surface area contributed by atoms with Crippen LogP contribution >= 0.6 is 0 Å². The first-order valence-corrected chi connectivity index (χ1v) is 9.82. The SMILES string of the molecule is CC1(C)CCCN1S(=O)(=O)c1cc(S(C)(=O)=O)ccc1F. The molecule has 0 N–H and O–H groups in total.